The summed E-state index contributed by atoms with van der Waals surface area (Å²) in [6, 6.07) is 6.35. The molecule has 0 saturated carbocycles. The van der Waals surface area contributed by atoms with Crippen LogP contribution in [0.1, 0.15) is 47.8 Å². The number of methoxy groups -OCH3 is 1. The van der Waals surface area contributed by atoms with E-state index in [4.69, 9.17) is 9.47 Å². The Labute approximate surface area is 164 Å². The number of carbonyl (C=O) groups is 1. The molecule has 1 N–H and O–H groups in total. The van der Waals surface area contributed by atoms with Gasteiger partial charge in [0.1, 0.15) is 0 Å². The van der Waals surface area contributed by atoms with E-state index in [0.717, 1.165) is 47.0 Å². The number of ether oxygens (including phenoxy) is 2. The highest BCUT2D eigenvalue weighted by atomic mass is 16.5. The van der Waals surface area contributed by atoms with Crippen LogP contribution in [0.5, 0.6) is 0 Å². The number of aromatic nitrogens is 2. The molecule has 0 radical (unpaired) electrons. The molecule has 0 bridgehead atoms. The predicted molar refractivity (Wildman–Crippen MR) is 109 cm³/mol. The molecule has 0 spiro atoms. The predicted octanol–water partition coefficient (Wildman–Crippen LogP) is 4.03. The van der Waals surface area contributed by atoms with Gasteiger partial charge in [0, 0.05) is 35.5 Å². The monoisotopic (exact) mass is 381 g/mol. The SMILES string of the molecule is CCOC(=O)c1ncc2[nH]c3cccc(CN4CCCCC4)c3c2c1COC. The van der Waals surface area contributed by atoms with Gasteiger partial charge in [-0.1, -0.05) is 18.6 Å². The summed E-state index contributed by atoms with van der Waals surface area (Å²) >= 11 is 0. The fourth-order valence-electron chi connectivity index (χ4n) is 4.23. The summed E-state index contributed by atoms with van der Waals surface area (Å²) in [6.07, 6.45) is 5.57. The molecule has 6 heteroatoms. The number of rotatable bonds is 6. The number of nitrogens with one attached hydrogen (secondary N) is 1. The summed E-state index contributed by atoms with van der Waals surface area (Å²) in [6.45, 7) is 5.61. The second kappa shape index (κ2) is 8.29. The Hall–Kier alpha value is -2.44. The molecular formula is C22H27N3O3. The van der Waals surface area contributed by atoms with Crippen molar-refractivity contribution in [3.63, 3.8) is 0 Å². The van der Waals surface area contributed by atoms with Crippen LogP contribution in [0.2, 0.25) is 0 Å². The lowest BCUT2D eigenvalue weighted by atomic mass is 10.0. The van der Waals surface area contributed by atoms with E-state index >= 15 is 0 Å². The summed E-state index contributed by atoms with van der Waals surface area (Å²) in [5, 5.41) is 2.17. The van der Waals surface area contributed by atoms with Gasteiger partial charge in [0.2, 0.25) is 0 Å². The minimum Gasteiger partial charge on any atom is -0.461 e. The minimum absolute atomic E-state index is 0.309. The number of piperidine rings is 1. The quantitative estimate of drug-likeness (QED) is 0.653. The molecule has 3 heterocycles. The van der Waals surface area contributed by atoms with Crippen molar-refractivity contribution in [3.05, 3.63) is 41.2 Å². The third kappa shape index (κ3) is 3.50. The van der Waals surface area contributed by atoms with Gasteiger partial charge in [0.15, 0.2) is 5.69 Å². The van der Waals surface area contributed by atoms with Crippen molar-refractivity contribution in [1.29, 1.82) is 0 Å². The molecule has 1 saturated heterocycles. The Morgan fingerprint density at radius 1 is 1.18 bits per heavy atom. The van der Waals surface area contributed by atoms with Gasteiger partial charge in [-0.2, -0.15) is 0 Å². The van der Waals surface area contributed by atoms with Crippen molar-refractivity contribution >= 4 is 27.8 Å². The number of H-pyrrole nitrogens is 1. The molecule has 3 aromatic rings. The van der Waals surface area contributed by atoms with Crippen LogP contribution in [0.25, 0.3) is 21.8 Å². The number of esters is 1. The molecule has 0 atom stereocenters. The van der Waals surface area contributed by atoms with Crippen LogP contribution in [0, 0.1) is 0 Å². The lowest BCUT2D eigenvalue weighted by Crippen LogP contribution is -2.29. The van der Waals surface area contributed by atoms with Crippen LogP contribution in [-0.4, -0.2) is 47.6 Å². The Bertz CT molecular complexity index is 990. The van der Waals surface area contributed by atoms with Gasteiger partial charge in [0.05, 0.1) is 24.9 Å². The normalized spacial score (nSPS) is 15.4. The molecular weight excluding hydrogens is 354 g/mol. The van der Waals surface area contributed by atoms with E-state index in [1.165, 1.54) is 24.8 Å². The van der Waals surface area contributed by atoms with Gasteiger partial charge >= 0.3 is 5.97 Å². The summed E-state index contributed by atoms with van der Waals surface area (Å²) in [4.78, 5) is 22.9. The second-order valence-electron chi connectivity index (χ2n) is 7.33. The van der Waals surface area contributed by atoms with Gasteiger partial charge in [-0.15, -0.1) is 0 Å². The smallest absolute Gasteiger partial charge is 0.357 e. The van der Waals surface area contributed by atoms with Gasteiger partial charge in [-0.3, -0.25) is 4.90 Å². The van der Waals surface area contributed by atoms with Crippen LogP contribution in [0.3, 0.4) is 0 Å². The minimum atomic E-state index is -0.403. The highest BCUT2D eigenvalue weighted by Gasteiger charge is 2.22. The number of fused-ring (bicyclic) bond motifs is 3. The molecule has 0 aliphatic carbocycles. The Balaban J connectivity index is 1.89. The highest BCUT2D eigenvalue weighted by molar-refractivity contribution is 6.12. The van der Waals surface area contributed by atoms with Crippen molar-refractivity contribution < 1.29 is 14.3 Å². The van der Waals surface area contributed by atoms with Crippen molar-refractivity contribution in [1.82, 2.24) is 14.9 Å². The number of carbonyl (C=O) groups excluding carboxylic acids is 1. The van der Waals surface area contributed by atoms with E-state index in [2.05, 4.69) is 33.1 Å². The van der Waals surface area contributed by atoms with Gasteiger partial charge < -0.3 is 14.5 Å². The maximum Gasteiger partial charge on any atom is 0.357 e. The van der Waals surface area contributed by atoms with E-state index in [-0.39, 0.29) is 0 Å². The average Bonchev–Trinajstić information content (AvgIpc) is 3.09. The zero-order valence-electron chi connectivity index (χ0n) is 16.6. The van der Waals surface area contributed by atoms with Crippen molar-refractivity contribution in [2.24, 2.45) is 0 Å². The van der Waals surface area contributed by atoms with E-state index in [0.29, 0.717) is 18.9 Å². The fourth-order valence-corrected chi connectivity index (χ4v) is 4.23. The molecule has 1 aliphatic rings. The molecule has 1 fully saturated rings. The van der Waals surface area contributed by atoms with Crippen molar-refractivity contribution in [2.75, 3.05) is 26.8 Å². The third-order valence-electron chi connectivity index (χ3n) is 5.45. The van der Waals surface area contributed by atoms with E-state index in [1.807, 2.05) is 0 Å². The standard InChI is InChI=1S/C22H27N3O3/c1-3-28-22(26)21-16(14-27-2)20-18(12-23-21)24-17-9-7-8-15(19(17)20)13-25-10-5-4-6-11-25/h7-9,12,24H,3-6,10-11,13-14H2,1-2H3. The van der Waals surface area contributed by atoms with Crippen LogP contribution in [0.15, 0.2) is 24.4 Å². The number of pyridine rings is 1. The Kier molecular flexibility index (Phi) is 5.59. The largest absolute Gasteiger partial charge is 0.461 e. The molecule has 0 amide bonds. The highest BCUT2D eigenvalue weighted by Crippen LogP contribution is 2.33. The maximum absolute atomic E-state index is 12.5. The molecule has 6 nitrogen and oxygen atoms in total. The van der Waals surface area contributed by atoms with E-state index in [1.54, 1.807) is 20.2 Å². The van der Waals surface area contributed by atoms with E-state index < -0.39 is 5.97 Å². The first-order valence-electron chi connectivity index (χ1n) is 10.0. The zero-order valence-corrected chi connectivity index (χ0v) is 16.6. The average molecular weight is 381 g/mol. The third-order valence-corrected chi connectivity index (χ3v) is 5.45. The topological polar surface area (TPSA) is 67.5 Å². The molecule has 1 aromatic carbocycles. The first kappa shape index (κ1) is 18.9. The number of likely N-dealkylation sites (tertiary alicyclic amines) is 1. The first-order valence-corrected chi connectivity index (χ1v) is 10.0. The number of aromatic amines is 1. The van der Waals surface area contributed by atoms with Crippen molar-refractivity contribution in [2.45, 2.75) is 39.3 Å². The van der Waals surface area contributed by atoms with Gasteiger partial charge in [0.25, 0.3) is 0 Å². The van der Waals surface area contributed by atoms with Crippen LogP contribution < -0.4 is 0 Å². The Morgan fingerprint density at radius 2 is 2.00 bits per heavy atom. The van der Waals surface area contributed by atoms with E-state index in [9.17, 15) is 4.79 Å². The first-order chi connectivity index (χ1) is 13.7. The molecule has 0 unspecified atom stereocenters. The Morgan fingerprint density at radius 3 is 2.75 bits per heavy atom. The fraction of sp³-hybridized carbons (Fsp3) is 0.455. The van der Waals surface area contributed by atoms with Crippen LogP contribution in [0.4, 0.5) is 0 Å². The summed E-state index contributed by atoms with van der Waals surface area (Å²) in [5.74, 6) is -0.403. The van der Waals surface area contributed by atoms with Gasteiger partial charge in [-0.05, 0) is 44.5 Å². The lowest BCUT2D eigenvalue weighted by Gasteiger charge is -2.26. The zero-order chi connectivity index (χ0) is 19.5. The molecule has 1 aliphatic heterocycles. The second-order valence-corrected chi connectivity index (χ2v) is 7.33. The molecule has 4 rings (SSSR count). The number of benzene rings is 1. The van der Waals surface area contributed by atoms with Crippen LogP contribution in [-0.2, 0) is 22.6 Å². The summed E-state index contributed by atoms with van der Waals surface area (Å²) in [7, 11) is 1.64. The van der Waals surface area contributed by atoms with Crippen LogP contribution >= 0.6 is 0 Å². The molecule has 28 heavy (non-hydrogen) atoms. The maximum atomic E-state index is 12.5. The number of hydrogen-bond donors (Lipinski definition) is 1. The summed E-state index contributed by atoms with van der Waals surface area (Å²) < 4.78 is 10.7. The number of hydrogen-bond acceptors (Lipinski definition) is 5. The van der Waals surface area contributed by atoms with Gasteiger partial charge in [-0.25, -0.2) is 9.78 Å². The lowest BCUT2D eigenvalue weighted by molar-refractivity contribution is 0.0514. The van der Waals surface area contributed by atoms with Crippen molar-refractivity contribution in [3.8, 4) is 0 Å². The molecule has 148 valence electrons. The number of nitrogens with zero attached hydrogens (tertiary/aromatic N) is 2. The molecule has 2 aromatic heterocycles. The summed E-state index contributed by atoms with van der Waals surface area (Å²) in [5.41, 5.74) is 4.37.